The molecule has 2 atom stereocenters. The summed E-state index contributed by atoms with van der Waals surface area (Å²) < 4.78 is 68.3. The molecular formula is C28H27F4N3O5. The fourth-order valence-corrected chi connectivity index (χ4v) is 4.39. The molecule has 1 aliphatic heterocycles. The molecule has 1 saturated carbocycles. The number of carbonyl (C=O) groups excluding carboxylic acids is 1. The van der Waals surface area contributed by atoms with Gasteiger partial charge in [-0.3, -0.25) is 4.79 Å². The van der Waals surface area contributed by atoms with E-state index in [9.17, 15) is 32.6 Å². The summed E-state index contributed by atoms with van der Waals surface area (Å²) in [5.41, 5.74) is 1.26. The summed E-state index contributed by atoms with van der Waals surface area (Å²) >= 11 is 0. The van der Waals surface area contributed by atoms with E-state index in [4.69, 9.17) is 15.2 Å². The Morgan fingerprint density at radius 1 is 1.20 bits per heavy atom. The van der Waals surface area contributed by atoms with Crippen molar-refractivity contribution in [3.05, 3.63) is 76.7 Å². The highest BCUT2D eigenvalue weighted by atomic mass is 19.4. The smallest absolute Gasteiger partial charge is 0.424 e. The molecule has 40 heavy (non-hydrogen) atoms. The Bertz CT molecular complexity index is 1440. The second-order valence-electron chi connectivity index (χ2n) is 10.3. The van der Waals surface area contributed by atoms with E-state index in [0.29, 0.717) is 11.3 Å². The maximum atomic E-state index is 14.5. The van der Waals surface area contributed by atoms with Crippen LogP contribution in [0.5, 0.6) is 11.5 Å². The third kappa shape index (κ3) is 5.21. The first kappa shape index (κ1) is 27.8. The maximum absolute atomic E-state index is 14.5. The average Bonchev–Trinajstić information content (AvgIpc) is 3.68. The van der Waals surface area contributed by atoms with Crippen molar-refractivity contribution in [2.75, 3.05) is 13.2 Å². The van der Waals surface area contributed by atoms with E-state index in [1.807, 2.05) is 0 Å². The number of carbonyl (C=O) groups is 1. The Morgan fingerprint density at radius 2 is 1.90 bits per heavy atom. The number of pyridine rings is 1. The lowest BCUT2D eigenvalue weighted by molar-refractivity contribution is -0.265. The highest BCUT2D eigenvalue weighted by Crippen LogP contribution is 2.46. The van der Waals surface area contributed by atoms with Gasteiger partial charge >= 0.3 is 6.18 Å². The van der Waals surface area contributed by atoms with Crippen molar-refractivity contribution >= 4 is 5.91 Å². The number of nitrogens with one attached hydrogen (secondary N) is 1. The van der Waals surface area contributed by atoms with Gasteiger partial charge in [0.25, 0.3) is 5.91 Å². The van der Waals surface area contributed by atoms with E-state index < -0.39 is 47.9 Å². The fourth-order valence-electron chi connectivity index (χ4n) is 4.39. The van der Waals surface area contributed by atoms with Crippen LogP contribution in [-0.2, 0) is 17.7 Å². The number of alkyl halides is 3. The molecule has 5 N–H and O–H groups in total. The normalized spacial score (nSPS) is 19.9. The highest BCUT2D eigenvalue weighted by molar-refractivity contribution is 5.94. The van der Waals surface area contributed by atoms with Crippen LogP contribution in [0.15, 0.2) is 48.5 Å². The van der Waals surface area contributed by atoms with Gasteiger partial charge in [-0.25, -0.2) is 9.37 Å². The summed E-state index contributed by atoms with van der Waals surface area (Å²) in [5, 5.41) is 22.9. The predicted octanol–water partition coefficient (Wildman–Crippen LogP) is 3.67. The minimum atomic E-state index is -5.27. The number of nitrogens with zero attached hydrogens (tertiary/aromatic N) is 1. The minimum Gasteiger partial charge on any atom is -0.490 e. The third-order valence-corrected chi connectivity index (χ3v) is 6.93. The summed E-state index contributed by atoms with van der Waals surface area (Å²) in [6, 6.07) is 10.0. The van der Waals surface area contributed by atoms with Gasteiger partial charge in [0.2, 0.25) is 5.60 Å². The molecule has 12 heteroatoms. The minimum absolute atomic E-state index is 0.0337. The number of fused-ring (bicyclic) bond motifs is 1. The molecule has 2 aromatic carbocycles. The number of aromatic nitrogens is 1. The number of ether oxygens (including phenoxy) is 2. The number of amides is 1. The standard InChI is InChI=1S/C28H27F4N3O5/c1-26(33)14-39-24-20(26)11-22(35-23(24)15-2-5-18(29)6-3-15)27(38,28(30,31)32)13-34-25(37)16-4-9-21(17(10-16)12-36)40-19-7-8-19/h2-6,9-11,19,36,38H,7-8,12-14,33H2,1H3,(H,34,37). The van der Waals surface area contributed by atoms with Crippen molar-refractivity contribution in [3.8, 4) is 22.8 Å². The average molecular weight is 562 g/mol. The Balaban J connectivity index is 1.49. The van der Waals surface area contributed by atoms with E-state index in [1.165, 1.54) is 30.3 Å². The van der Waals surface area contributed by atoms with Crippen molar-refractivity contribution in [1.82, 2.24) is 10.3 Å². The summed E-state index contributed by atoms with van der Waals surface area (Å²) in [5.74, 6) is -0.968. The molecule has 2 unspecified atom stereocenters. The van der Waals surface area contributed by atoms with Crippen molar-refractivity contribution in [3.63, 3.8) is 0 Å². The zero-order valence-electron chi connectivity index (χ0n) is 21.4. The number of rotatable bonds is 8. The lowest BCUT2D eigenvalue weighted by Gasteiger charge is -2.31. The number of benzene rings is 2. The zero-order valence-corrected chi connectivity index (χ0v) is 21.4. The number of nitrogens with two attached hydrogens (primary N) is 1. The first-order valence-electron chi connectivity index (χ1n) is 12.5. The van der Waals surface area contributed by atoms with Gasteiger partial charge in [-0.2, -0.15) is 13.2 Å². The molecule has 3 aromatic rings. The van der Waals surface area contributed by atoms with Crippen LogP contribution < -0.4 is 20.5 Å². The summed E-state index contributed by atoms with van der Waals surface area (Å²) in [7, 11) is 0. The highest BCUT2D eigenvalue weighted by Gasteiger charge is 2.57. The molecular weight excluding hydrogens is 534 g/mol. The van der Waals surface area contributed by atoms with Crippen molar-refractivity contribution in [1.29, 1.82) is 0 Å². The Morgan fingerprint density at radius 3 is 2.52 bits per heavy atom. The molecule has 8 nitrogen and oxygen atoms in total. The van der Waals surface area contributed by atoms with Crippen LogP contribution in [0.4, 0.5) is 17.6 Å². The SMILES string of the molecule is CC1(N)COc2c1cc(C(O)(CNC(=O)c1ccc(OC3CC3)c(CO)c1)C(F)(F)F)nc2-c1ccc(F)cc1. The van der Waals surface area contributed by atoms with Gasteiger partial charge in [0.1, 0.15) is 23.9 Å². The predicted molar refractivity (Wildman–Crippen MR) is 135 cm³/mol. The third-order valence-electron chi connectivity index (χ3n) is 6.93. The molecule has 0 radical (unpaired) electrons. The second-order valence-corrected chi connectivity index (χ2v) is 10.3. The molecule has 1 amide bonds. The van der Waals surface area contributed by atoms with Crippen LogP contribution in [0.3, 0.4) is 0 Å². The summed E-state index contributed by atoms with van der Waals surface area (Å²) in [6.07, 6.45) is -3.49. The molecule has 1 fully saturated rings. The van der Waals surface area contributed by atoms with E-state index >= 15 is 0 Å². The van der Waals surface area contributed by atoms with E-state index in [0.717, 1.165) is 31.0 Å². The number of hydrogen-bond acceptors (Lipinski definition) is 7. The molecule has 212 valence electrons. The largest absolute Gasteiger partial charge is 0.490 e. The van der Waals surface area contributed by atoms with E-state index in [-0.39, 0.29) is 40.8 Å². The van der Waals surface area contributed by atoms with Gasteiger partial charge < -0.3 is 30.7 Å². The topological polar surface area (TPSA) is 127 Å². The number of halogens is 4. The van der Waals surface area contributed by atoms with Crippen LogP contribution in [0, 0.1) is 5.82 Å². The van der Waals surface area contributed by atoms with Gasteiger partial charge in [-0.15, -0.1) is 0 Å². The van der Waals surface area contributed by atoms with Crippen molar-refractivity contribution in [2.24, 2.45) is 5.73 Å². The molecule has 2 heterocycles. The Hall–Kier alpha value is -3.74. The summed E-state index contributed by atoms with van der Waals surface area (Å²) in [6.45, 7) is -0.223. The molecule has 1 aliphatic carbocycles. The maximum Gasteiger partial charge on any atom is 0.424 e. The van der Waals surface area contributed by atoms with Gasteiger partial charge in [-0.1, -0.05) is 0 Å². The zero-order chi connectivity index (χ0) is 28.9. The van der Waals surface area contributed by atoms with Crippen LogP contribution in [-0.4, -0.2) is 46.5 Å². The quantitative estimate of drug-likeness (QED) is 0.309. The van der Waals surface area contributed by atoms with Gasteiger partial charge in [0, 0.05) is 22.3 Å². The van der Waals surface area contributed by atoms with Crippen LogP contribution in [0.2, 0.25) is 0 Å². The first-order chi connectivity index (χ1) is 18.8. The Kier molecular flexibility index (Phi) is 6.97. The number of aliphatic hydroxyl groups excluding tert-OH is 1. The fraction of sp³-hybridized carbons (Fsp3) is 0.357. The molecule has 2 aliphatic rings. The lowest BCUT2D eigenvalue weighted by atomic mass is 9.89. The van der Waals surface area contributed by atoms with Crippen LogP contribution in [0.25, 0.3) is 11.3 Å². The molecule has 5 rings (SSSR count). The van der Waals surface area contributed by atoms with Gasteiger partial charge in [0.05, 0.1) is 30.5 Å². The van der Waals surface area contributed by atoms with Crippen molar-refractivity contribution in [2.45, 2.75) is 49.8 Å². The van der Waals surface area contributed by atoms with Crippen LogP contribution >= 0.6 is 0 Å². The van der Waals surface area contributed by atoms with E-state index in [1.54, 1.807) is 6.92 Å². The lowest BCUT2D eigenvalue weighted by Crippen LogP contribution is -2.51. The number of aliphatic hydroxyl groups is 2. The van der Waals surface area contributed by atoms with Crippen LogP contribution in [0.1, 0.15) is 46.9 Å². The molecule has 1 aromatic heterocycles. The monoisotopic (exact) mass is 561 g/mol. The second kappa shape index (κ2) is 10.0. The Labute approximate surface area is 226 Å². The molecule has 0 bridgehead atoms. The molecule has 0 saturated heterocycles. The van der Waals surface area contributed by atoms with Gasteiger partial charge in [0.15, 0.2) is 5.75 Å². The molecule has 0 spiro atoms. The number of hydrogen-bond donors (Lipinski definition) is 4. The van der Waals surface area contributed by atoms with E-state index in [2.05, 4.69) is 10.3 Å². The first-order valence-corrected chi connectivity index (χ1v) is 12.5. The summed E-state index contributed by atoms with van der Waals surface area (Å²) in [4.78, 5) is 17.0. The van der Waals surface area contributed by atoms with Gasteiger partial charge in [-0.05, 0) is 68.3 Å². The van der Waals surface area contributed by atoms with Crippen molar-refractivity contribution < 1.29 is 42.0 Å².